The van der Waals surface area contributed by atoms with E-state index in [1.807, 2.05) is 0 Å². The third kappa shape index (κ3) is 13.1. The maximum Gasteiger partial charge on any atom is 0.326 e. The van der Waals surface area contributed by atoms with E-state index in [2.05, 4.69) is 12.2 Å². The minimum atomic E-state index is -0.953. The average Bonchev–Trinajstić information content (AvgIpc) is 2.42. The van der Waals surface area contributed by atoms with Crippen LogP contribution < -0.4 is 5.32 Å². The molecular weight excluding hydrogens is 330 g/mol. The van der Waals surface area contributed by atoms with E-state index in [-0.39, 0.29) is 28.9 Å². The van der Waals surface area contributed by atoms with Crippen LogP contribution in [0.25, 0.3) is 0 Å². The Balaban J connectivity index is 0. The quantitative estimate of drug-likeness (QED) is 0.382. The predicted octanol–water partition coefficient (Wildman–Crippen LogP) is 4.13. The van der Waals surface area contributed by atoms with E-state index in [0.717, 1.165) is 12.8 Å². The molecule has 0 fully saturated rings. The Bertz CT molecular complexity index is 296. The molecule has 1 amide bonds. The van der Waals surface area contributed by atoms with Gasteiger partial charge in [0.1, 0.15) is 6.04 Å². The van der Waals surface area contributed by atoms with Crippen molar-refractivity contribution in [3.63, 3.8) is 0 Å². The molecule has 0 spiro atoms. The molecule has 0 saturated carbocycles. The summed E-state index contributed by atoms with van der Waals surface area (Å²) in [6, 6.07) is -0.768. The van der Waals surface area contributed by atoms with E-state index in [0.29, 0.717) is 6.42 Å². The summed E-state index contributed by atoms with van der Waals surface area (Å²) in [5.74, 6) is -1.18. The first-order chi connectivity index (χ1) is 9.99. The fourth-order valence-electron chi connectivity index (χ4n) is 2.36. The molecule has 0 bridgehead atoms. The second-order valence-corrected chi connectivity index (χ2v) is 6.21. The van der Waals surface area contributed by atoms with Crippen LogP contribution in [0.3, 0.4) is 0 Å². The number of hydrogen-bond acceptors (Lipinski definition) is 2. The van der Waals surface area contributed by atoms with E-state index in [1.54, 1.807) is 13.8 Å². The summed E-state index contributed by atoms with van der Waals surface area (Å²) >= 11 is 0. The molecule has 0 unspecified atom stereocenters. The Morgan fingerprint density at radius 1 is 0.909 bits per heavy atom. The van der Waals surface area contributed by atoms with E-state index in [4.69, 9.17) is 5.11 Å². The van der Waals surface area contributed by atoms with Crippen molar-refractivity contribution in [3.8, 4) is 0 Å². The molecule has 0 aliphatic carbocycles. The average molecular weight is 363 g/mol. The molecule has 0 aromatic rings. The van der Waals surface area contributed by atoms with Crippen LogP contribution in [0.5, 0.6) is 0 Å². The van der Waals surface area contributed by atoms with Gasteiger partial charge in [0.2, 0.25) is 5.91 Å². The number of rotatable bonds is 13. The number of carboxylic acids is 1. The number of aliphatic carboxylic acids is 1. The molecule has 135 valence electrons. The van der Waals surface area contributed by atoms with Gasteiger partial charge in [-0.3, -0.25) is 4.79 Å². The zero-order chi connectivity index (χ0) is 16.1. The van der Waals surface area contributed by atoms with Crippen LogP contribution in [-0.2, 0) is 26.7 Å². The number of unbranched alkanes of at least 4 members (excludes halogenated alkanes) is 8. The fraction of sp³-hybridized carbons (Fsp3) is 0.882. The Kier molecular flexibility index (Phi) is 16.6. The van der Waals surface area contributed by atoms with Gasteiger partial charge in [0.25, 0.3) is 0 Å². The minimum Gasteiger partial charge on any atom is -0.480 e. The van der Waals surface area contributed by atoms with Crippen LogP contribution in [0.15, 0.2) is 0 Å². The van der Waals surface area contributed by atoms with Gasteiger partial charge < -0.3 is 10.4 Å². The molecule has 0 rings (SSSR count). The SMILES string of the molecule is CCCCCCCCCCCC(=O)N[C@H](C(=O)O)C(C)C.[Cu]. The topological polar surface area (TPSA) is 66.4 Å². The number of hydrogen-bond donors (Lipinski definition) is 2. The maximum absolute atomic E-state index is 11.7. The Morgan fingerprint density at radius 3 is 1.77 bits per heavy atom. The van der Waals surface area contributed by atoms with Gasteiger partial charge in [-0.15, -0.1) is 0 Å². The smallest absolute Gasteiger partial charge is 0.326 e. The van der Waals surface area contributed by atoms with Crippen LogP contribution in [0.1, 0.15) is 85.0 Å². The van der Waals surface area contributed by atoms with Crippen molar-refractivity contribution in [2.45, 2.75) is 91.0 Å². The number of carbonyl (C=O) groups excluding carboxylic acids is 1. The standard InChI is InChI=1S/C17H33NO3.Cu/c1-4-5-6-7-8-9-10-11-12-13-15(19)18-16(14(2)3)17(20)21;/h14,16H,4-13H2,1-3H3,(H,18,19)(H,20,21);/t16-;/m0./s1. The van der Waals surface area contributed by atoms with Crippen LogP contribution in [0.2, 0.25) is 0 Å². The van der Waals surface area contributed by atoms with Gasteiger partial charge in [-0.2, -0.15) is 0 Å². The Morgan fingerprint density at radius 2 is 1.36 bits per heavy atom. The van der Waals surface area contributed by atoms with Crippen molar-refractivity contribution < 1.29 is 31.8 Å². The summed E-state index contributed by atoms with van der Waals surface area (Å²) in [7, 11) is 0. The summed E-state index contributed by atoms with van der Waals surface area (Å²) in [6.07, 6.45) is 11.3. The Hall–Kier alpha value is -0.541. The van der Waals surface area contributed by atoms with Crippen LogP contribution in [0.4, 0.5) is 0 Å². The first kappa shape index (κ1) is 23.7. The summed E-state index contributed by atoms with van der Waals surface area (Å²) in [5, 5.41) is 11.6. The van der Waals surface area contributed by atoms with Crippen LogP contribution in [0, 0.1) is 5.92 Å². The van der Waals surface area contributed by atoms with Gasteiger partial charge in [0.05, 0.1) is 0 Å². The number of carboxylic acid groups (broad SMARTS) is 1. The van der Waals surface area contributed by atoms with Crippen molar-refractivity contribution in [2.24, 2.45) is 5.92 Å². The maximum atomic E-state index is 11.7. The molecule has 0 saturated heterocycles. The molecule has 0 heterocycles. The predicted molar refractivity (Wildman–Crippen MR) is 86.2 cm³/mol. The molecule has 22 heavy (non-hydrogen) atoms. The number of carbonyl (C=O) groups is 2. The van der Waals surface area contributed by atoms with Gasteiger partial charge in [0.15, 0.2) is 0 Å². The molecule has 0 aromatic heterocycles. The summed E-state index contributed by atoms with van der Waals surface area (Å²) in [6.45, 7) is 5.83. The molecule has 0 aromatic carbocycles. The molecule has 0 aliphatic heterocycles. The zero-order valence-corrected chi connectivity index (χ0v) is 15.2. The zero-order valence-electron chi connectivity index (χ0n) is 14.3. The van der Waals surface area contributed by atoms with Gasteiger partial charge in [-0.25, -0.2) is 4.79 Å². The first-order valence-corrected chi connectivity index (χ1v) is 8.51. The minimum absolute atomic E-state index is 0. The summed E-state index contributed by atoms with van der Waals surface area (Å²) < 4.78 is 0. The third-order valence-electron chi connectivity index (χ3n) is 3.76. The van der Waals surface area contributed by atoms with Gasteiger partial charge in [0, 0.05) is 23.5 Å². The van der Waals surface area contributed by atoms with Crippen molar-refractivity contribution in [1.29, 1.82) is 0 Å². The van der Waals surface area contributed by atoms with Gasteiger partial charge in [-0.05, 0) is 12.3 Å². The molecular formula is C17H33CuNO3. The van der Waals surface area contributed by atoms with Gasteiger partial charge in [-0.1, -0.05) is 72.1 Å². The van der Waals surface area contributed by atoms with Crippen molar-refractivity contribution >= 4 is 11.9 Å². The van der Waals surface area contributed by atoms with Crippen LogP contribution in [-0.4, -0.2) is 23.0 Å². The summed E-state index contributed by atoms with van der Waals surface area (Å²) in [4.78, 5) is 22.7. The molecule has 0 aliphatic rings. The second kappa shape index (κ2) is 15.4. The number of nitrogens with one attached hydrogen (secondary N) is 1. The van der Waals surface area contributed by atoms with Crippen LogP contribution >= 0.6 is 0 Å². The van der Waals surface area contributed by atoms with E-state index in [1.165, 1.54) is 44.9 Å². The largest absolute Gasteiger partial charge is 0.480 e. The molecule has 1 radical (unpaired) electrons. The van der Waals surface area contributed by atoms with Crippen molar-refractivity contribution in [2.75, 3.05) is 0 Å². The van der Waals surface area contributed by atoms with Crippen molar-refractivity contribution in [1.82, 2.24) is 5.32 Å². The Labute approximate surface area is 146 Å². The molecule has 5 heteroatoms. The number of amides is 1. The van der Waals surface area contributed by atoms with E-state index < -0.39 is 12.0 Å². The van der Waals surface area contributed by atoms with E-state index >= 15 is 0 Å². The van der Waals surface area contributed by atoms with Crippen molar-refractivity contribution in [3.05, 3.63) is 0 Å². The molecule has 4 nitrogen and oxygen atoms in total. The summed E-state index contributed by atoms with van der Waals surface area (Å²) in [5.41, 5.74) is 0. The fourth-order valence-corrected chi connectivity index (χ4v) is 2.36. The monoisotopic (exact) mass is 362 g/mol. The second-order valence-electron chi connectivity index (χ2n) is 6.21. The molecule has 2 N–H and O–H groups in total. The molecule has 1 atom stereocenters. The van der Waals surface area contributed by atoms with Gasteiger partial charge >= 0.3 is 5.97 Å². The van der Waals surface area contributed by atoms with E-state index in [9.17, 15) is 9.59 Å². The normalized spacial score (nSPS) is 11.8. The third-order valence-corrected chi connectivity index (χ3v) is 3.76. The first-order valence-electron chi connectivity index (χ1n) is 8.51.